The van der Waals surface area contributed by atoms with Crippen molar-refractivity contribution < 1.29 is 45.6 Å². The van der Waals surface area contributed by atoms with Gasteiger partial charge in [0, 0.05) is 12.8 Å². The molecule has 0 saturated heterocycles. The van der Waals surface area contributed by atoms with E-state index in [9.17, 15) is 14.7 Å². The molecule has 0 aromatic rings. The van der Waals surface area contributed by atoms with Crippen LogP contribution in [0.2, 0.25) is 0 Å². The minimum Gasteiger partial charge on any atom is -1.00 e. The number of nitrogens with zero attached hydrogens (tertiary/aromatic N) is 1. The minimum atomic E-state index is -2.24. The summed E-state index contributed by atoms with van der Waals surface area (Å²) in [6.45, 7) is 7.36. The lowest BCUT2D eigenvalue weighted by atomic mass is 10.1. The molecule has 0 aliphatic carbocycles. The van der Waals surface area contributed by atoms with Gasteiger partial charge in [0.05, 0.1) is 20.6 Å². The summed E-state index contributed by atoms with van der Waals surface area (Å²) < 4.78 is 11.3. The molecule has 0 saturated carbocycles. The maximum Gasteiger partial charge on any atom is 0.426 e. The van der Waals surface area contributed by atoms with Crippen LogP contribution in [0.15, 0.2) is 24.3 Å². The average Bonchev–Trinajstić information content (AvgIpc) is 3.04. The van der Waals surface area contributed by atoms with Crippen LogP contribution in [0.3, 0.4) is 0 Å². The van der Waals surface area contributed by atoms with Crippen LogP contribution in [0.4, 0.5) is 0 Å². The Bertz CT molecular complexity index is 774. The lowest BCUT2D eigenvalue weighted by molar-refractivity contribution is -0.904. The summed E-state index contributed by atoms with van der Waals surface area (Å²) in [5.74, 6) is -3.26. The third-order valence-corrected chi connectivity index (χ3v) is 9.29. The van der Waals surface area contributed by atoms with Crippen LogP contribution in [0.1, 0.15) is 207 Å². The average molecular weight is 773 g/mol. The number of hydrogen-bond acceptors (Lipinski definition) is 5. The van der Waals surface area contributed by atoms with E-state index in [0.29, 0.717) is 17.3 Å². The van der Waals surface area contributed by atoms with E-state index < -0.39 is 17.9 Å². The topological polar surface area (TPSA) is 72.8 Å². The highest BCUT2D eigenvalue weighted by Gasteiger charge is 2.43. The summed E-state index contributed by atoms with van der Waals surface area (Å²) in [6, 6.07) is 0. The molecule has 0 rings (SSSR count). The zero-order valence-corrected chi connectivity index (χ0v) is 35.2. The zero-order chi connectivity index (χ0) is 36.3. The van der Waals surface area contributed by atoms with Crippen LogP contribution >= 0.6 is 0 Å². The number of esters is 2. The van der Waals surface area contributed by atoms with Gasteiger partial charge < -0.3 is 36.0 Å². The summed E-state index contributed by atoms with van der Waals surface area (Å²) in [5.41, 5.74) is 0. The van der Waals surface area contributed by atoms with E-state index in [1.807, 2.05) is 14.1 Å². The number of carbonyl (C=O) groups excluding carboxylic acids is 2. The number of ether oxygens (including phenoxy) is 2. The van der Waals surface area contributed by atoms with Crippen LogP contribution in [-0.2, 0) is 19.1 Å². The lowest BCUT2D eigenvalue weighted by Gasteiger charge is -2.36. The van der Waals surface area contributed by atoms with Gasteiger partial charge in [-0.05, 0) is 70.6 Å². The number of aliphatic hydroxyl groups is 1. The summed E-state index contributed by atoms with van der Waals surface area (Å²) in [5, 5.41) is 11.3. The summed E-state index contributed by atoms with van der Waals surface area (Å²) in [7, 11) is 3.90. The van der Waals surface area contributed by atoms with Crippen LogP contribution in [0.5, 0.6) is 0 Å². The molecule has 0 bridgehead atoms. The van der Waals surface area contributed by atoms with E-state index in [-0.39, 0.29) is 36.4 Å². The molecule has 0 atom stereocenters. The molecule has 0 radical (unpaired) electrons. The molecule has 7 heteroatoms. The molecule has 50 heavy (non-hydrogen) atoms. The second-order valence-corrected chi connectivity index (χ2v) is 15.1. The third kappa shape index (κ3) is 35.2. The first-order valence-electron chi connectivity index (χ1n) is 21.0. The molecule has 0 aromatic heterocycles. The van der Waals surface area contributed by atoms with Crippen molar-refractivity contribution in [3.05, 3.63) is 24.3 Å². The second kappa shape index (κ2) is 36.2. The van der Waals surface area contributed by atoms with Gasteiger partial charge in [0.25, 0.3) is 0 Å². The van der Waals surface area contributed by atoms with Gasteiger partial charge in [-0.3, -0.25) is 9.59 Å². The van der Waals surface area contributed by atoms with Crippen LogP contribution in [-0.4, -0.2) is 54.7 Å². The van der Waals surface area contributed by atoms with E-state index in [1.165, 1.54) is 103 Å². The number of carbonyl (C=O) groups is 2. The van der Waals surface area contributed by atoms with Crippen molar-refractivity contribution in [3.8, 4) is 0 Å². The molecule has 0 unspecified atom stereocenters. The Kier molecular flexibility index (Phi) is 36.9. The molecule has 0 aromatic carbocycles. The van der Waals surface area contributed by atoms with E-state index >= 15 is 0 Å². The van der Waals surface area contributed by atoms with Crippen LogP contribution in [0, 0.1) is 0 Å². The quantitative estimate of drug-likeness (QED) is 0.0226. The number of rotatable bonds is 36. The summed E-state index contributed by atoms with van der Waals surface area (Å²) >= 11 is 0. The molecule has 0 fully saturated rings. The van der Waals surface area contributed by atoms with E-state index in [2.05, 4.69) is 45.1 Å². The number of quaternary nitrogens is 1. The molecule has 1 N–H and O–H groups in total. The Morgan fingerprint density at radius 3 is 1.12 bits per heavy atom. The highest BCUT2D eigenvalue weighted by molar-refractivity contribution is 5.71. The fraction of sp³-hybridized carbons (Fsp3) is 0.860. The van der Waals surface area contributed by atoms with Gasteiger partial charge in [0.1, 0.15) is 0 Å². The molecular formula is C43H82BrNO5. The van der Waals surface area contributed by atoms with Crippen molar-refractivity contribution in [1.29, 1.82) is 0 Å². The number of unbranched alkanes of at least 4 members (excludes halogenated alkanes) is 22. The van der Waals surface area contributed by atoms with Gasteiger partial charge in [-0.1, -0.05) is 148 Å². The third-order valence-electron chi connectivity index (χ3n) is 9.29. The van der Waals surface area contributed by atoms with Gasteiger partial charge in [0.15, 0.2) is 6.54 Å². The first-order chi connectivity index (χ1) is 23.7. The van der Waals surface area contributed by atoms with Crippen molar-refractivity contribution in [1.82, 2.24) is 0 Å². The number of likely N-dealkylation sites (N-methyl/N-ethyl adjacent to an activating group) is 1. The Hall–Kier alpha value is -1.18. The Balaban J connectivity index is 0. The molecule has 0 heterocycles. The molecular weight excluding hydrogens is 690 g/mol. The normalized spacial score (nSPS) is 12.1. The molecule has 0 aliphatic heterocycles. The van der Waals surface area contributed by atoms with Crippen molar-refractivity contribution in [3.63, 3.8) is 0 Å². The zero-order valence-electron chi connectivity index (χ0n) is 33.6. The van der Waals surface area contributed by atoms with Crippen molar-refractivity contribution in [2.75, 3.05) is 27.2 Å². The van der Waals surface area contributed by atoms with Crippen LogP contribution in [0.25, 0.3) is 0 Å². The fourth-order valence-corrected chi connectivity index (χ4v) is 6.45. The fourth-order valence-electron chi connectivity index (χ4n) is 6.45. The van der Waals surface area contributed by atoms with E-state index in [1.54, 1.807) is 0 Å². The number of hydrogen-bond donors (Lipinski definition) is 1. The first kappa shape index (κ1) is 50.9. The largest absolute Gasteiger partial charge is 1.00 e. The smallest absolute Gasteiger partial charge is 0.426 e. The van der Waals surface area contributed by atoms with Gasteiger partial charge in [-0.25, -0.2) is 0 Å². The highest BCUT2D eigenvalue weighted by atomic mass is 79.9. The van der Waals surface area contributed by atoms with Gasteiger partial charge >= 0.3 is 17.9 Å². The predicted octanol–water partition coefficient (Wildman–Crippen LogP) is 9.28. The number of halogens is 1. The summed E-state index contributed by atoms with van der Waals surface area (Å²) in [4.78, 5) is 25.5. The molecule has 0 amide bonds. The van der Waals surface area contributed by atoms with E-state index in [0.717, 1.165) is 64.3 Å². The Morgan fingerprint density at radius 1 is 0.500 bits per heavy atom. The van der Waals surface area contributed by atoms with Crippen molar-refractivity contribution >= 4 is 11.9 Å². The van der Waals surface area contributed by atoms with Gasteiger partial charge in [0.2, 0.25) is 0 Å². The van der Waals surface area contributed by atoms with Crippen LogP contribution < -0.4 is 17.0 Å². The van der Waals surface area contributed by atoms with E-state index in [4.69, 9.17) is 9.47 Å². The Labute approximate surface area is 321 Å². The maximum atomic E-state index is 12.7. The Morgan fingerprint density at radius 2 is 0.800 bits per heavy atom. The maximum absolute atomic E-state index is 12.7. The van der Waals surface area contributed by atoms with Crippen molar-refractivity contribution in [2.24, 2.45) is 0 Å². The van der Waals surface area contributed by atoms with Crippen molar-refractivity contribution in [2.45, 2.75) is 213 Å². The monoisotopic (exact) mass is 772 g/mol. The van der Waals surface area contributed by atoms with Gasteiger partial charge in [-0.15, -0.1) is 0 Å². The highest BCUT2D eigenvalue weighted by Crippen LogP contribution is 2.20. The molecule has 0 spiro atoms. The first-order valence-corrected chi connectivity index (χ1v) is 21.0. The SMILES string of the molecule is CCCCCCCC/C=C\CCCCCCCC(=O)OC(O)(C[N+](C)(C)CCC)OC(=O)CCCCCCC/C=C\CCCCCCCC.[Br-]. The molecule has 6 nitrogen and oxygen atoms in total. The summed E-state index contributed by atoms with van der Waals surface area (Å²) in [6.07, 6.45) is 41.5. The molecule has 0 aliphatic rings. The molecule has 296 valence electrons. The minimum absolute atomic E-state index is 0. The standard InChI is InChI=1S/C43H82NO5.BrH/c1-6-9-11-13-15-17-19-21-23-25-27-29-31-33-35-37-41(45)48-43(47,40-44(4,5)39-8-3)49-42(46)38-36-34-32-30-28-26-24-22-20-18-16-14-12-10-7-2;/h21-24,47H,6-20,25-40H2,1-5H3;1H/q+1;/p-1/b23-21-,24-22-;. The second-order valence-electron chi connectivity index (χ2n) is 15.1. The predicted molar refractivity (Wildman–Crippen MR) is 208 cm³/mol. The van der Waals surface area contributed by atoms with Gasteiger partial charge in [-0.2, -0.15) is 0 Å². The lowest BCUT2D eigenvalue weighted by Crippen LogP contribution is -3.00. The number of allylic oxidation sites excluding steroid dienone is 4.